The standard InChI is InChI=1S/C12H14N2S2/c1-8(2)11-10(14(3)12(15)16-11)9-4-6-13-7-5-9/h4-8H,1-3H3. The Hall–Kier alpha value is -1.00. The highest BCUT2D eigenvalue weighted by Gasteiger charge is 2.14. The molecule has 2 heterocycles. The second-order valence-electron chi connectivity index (χ2n) is 4.03. The van der Waals surface area contributed by atoms with Gasteiger partial charge < -0.3 is 4.57 Å². The summed E-state index contributed by atoms with van der Waals surface area (Å²) in [5, 5.41) is 0. The zero-order valence-corrected chi connectivity index (χ0v) is 11.2. The van der Waals surface area contributed by atoms with Crippen LogP contribution in [0.25, 0.3) is 11.3 Å². The van der Waals surface area contributed by atoms with E-state index < -0.39 is 0 Å². The van der Waals surface area contributed by atoms with E-state index in [2.05, 4.69) is 23.4 Å². The quantitative estimate of drug-likeness (QED) is 0.750. The van der Waals surface area contributed by atoms with Crippen molar-refractivity contribution >= 4 is 23.6 Å². The van der Waals surface area contributed by atoms with Crippen molar-refractivity contribution in [1.29, 1.82) is 0 Å². The Morgan fingerprint density at radius 2 is 1.94 bits per heavy atom. The van der Waals surface area contributed by atoms with Crippen molar-refractivity contribution in [1.82, 2.24) is 9.55 Å². The van der Waals surface area contributed by atoms with E-state index >= 15 is 0 Å². The summed E-state index contributed by atoms with van der Waals surface area (Å²) in [5.74, 6) is 0.496. The fourth-order valence-electron chi connectivity index (χ4n) is 1.70. The maximum atomic E-state index is 5.35. The lowest BCUT2D eigenvalue weighted by Gasteiger charge is -2.08. The molecule has 0 amide bonds. The van der Waals surface area contributed by atoms with Gasteiger partial charge in [0, 0.05) is 29.9 Å². The summed E-state index contributed by atoms with van der Waals surface area (Å²) in [4.78, 5) is 5.40. The first-order valence-electron chi connectivity index (χ1n) is 5.21. The molecule has 0 atom stereocenters. The van der Waals surface area contributed by atoms with Gasteiger partial charge in [-0.2, -0.15) is 0 Å². The van der Waals surface area contributed by atoms with E-state index in [9.17, 15) is 0 Å². The van der Waals surface area contributed by atoms with Crippen LogP contribution in [0.3, 0.4) is 0 Å². The van der Waals surface area contributed by atoms with Crippen molar-refractivity contribution in [3.63, 3.8) is 0 Å². The molecule has 0 unspecified atom stereocenters. The van der Waals surface area contributed by atoms with Gasteiger partial charge in [0.25, 0.3) is 0 Å². The van der Waals surface area contributed by atoms with Gasteiger partial charge >= 0.3 is 0 Å². The van der Waals surface area contributed by atoms with Crippen LogP contribution < -0.4 is 0 Å². The van der Waals surface area contributed by atoms with E-state index in [1.807, 2.05) is 31.6 Å². The van der Waals surface area contributed by atoms with Gasteiger partial charge in [-0.15, -0.1) is 11.3 Å². The van der Waals surface area contributed by atoms with E-state index in [4.69, 9.17) is 12.2 Å². The summed E-state index contributed by atoms with van der Waals surface area (Å²) < 4.78 is 3.01. The summed E-state index contributed by atoms with van der Waals surface area (Å²) >= 11 is 7.05. The molecule has 2 aromatic rings. The summed E-state index contributed by atoms with van der Waals surface area (Å²) in [7, 11) is 2.03. The van der Waals surface area contributed by atoms with Gasteiger partial charge in [-0.25, -0.2) is 0 Å². The second-order valence-corrected chi connectivity index (χ2v) is 5.71. The molecule has 0 aliphatic heterocycles. The lowest BCUT2D eigenvalue weighted by Crippen LogP contribution is -1.95. The Bertz CT molecular complexity index is 538. The zero-order valence-electron chi connectivity index (χ0n) is 9.60. The van der Waals surface area contributed by atoms with Gasteiger partial charge in [0.1, 0.15) is 0 Å². The highest BCUT2D eigenvalue weighted by atomic mass is 32.1. The first kappa shape index (κ1) is 11.5. The molecule has 0 N–H and O–H groups in total. The molecule has 2 nitrogen and oxygen atoms in total. The van der Waals surface area contributed by atoms with E-state index in [-0.39, 0.29) is 0 Å². The highest BCUT2D eigenvalue weighted by molar-refractivity contribution is 7.73. The van der Waals surface area contributed by atoms with Gasteiger partial charge in [0.05, 0.1) is 5.69 Å². The number of rotatable bonds is 2. The molecule has 0 saturated heterocycles. The first-order valence-corrected chi connectivity index (χ1v) is 6.44. The number of nitrogens with zero attached hydrogens (tertiary/aromatic N) is 2. The van der Waals surface area contributed by atoms with Crippen LogP contribution in [-0.4, -0.2) is 9.55 Å². The van der Waals surface area contributed by atoms with Crippen molar-refractivity contribution in [2.45, 2.75) is 19.8 Å². The molecule has 0 aliphatic carbocycles. The predicted molar refractivity (Wildman–Crippen MR) is 71.4 cm³/mol. The summed E-state index contributed by atoms with van der Waals surface area (Å²) in [5.41, 5.74) is 2.42. The third-order valence-corrected chi connectivity index (χ3v) is 4.38. The average Bonchev–Trinajstić information content (AvgIpc) is 2.57. The smallest absolute Gasteiger partial charge is 0.161 e. The molecule has 0 aromatic carbocycles. The summed E-state index contributed by atoms with van der Waals surface area (Å²) in [6, 6.07) is 4.06. The number of hydrogen-bond donors (Lipinski definition) is 0. The summed E-state index contributed by atoms with van der Waals surface area (Å²) in [6.45, 7) is 4.40. The third-order valence-electron chi connectivity index (χ3n) is 2.52. The van der Waals surface area contributed by atoms with Crippen LogP contribution in [0.5, 0.6) is 0 Å². The molecule has 0 radical (unpaired) electrons. The maximum absolute atomic E-state index is 5.35. The van der Waals surface area contributed by atoms with Crippen molar-refractivity contribution in [2.75, 3.05) is 0 Å². The van der Waals surface area contributed by atoms with Crippen molar-refractivity contribution < 1.29 is 0 Å². The van der Waals surface area contributed by atoms with Crippen molar-refractivity contribution in [3.8, 4) is 11.3 Å². The van der Waals surface area contributed by atoms with E-state index in [0.717, 1.165) is 3.95 Å². The Balaban J connectivity index is 2.69. The monoisotopic (exact) mass is 250 g/mol. The molecule has 2 aromatic heterocycles. The van der Waals surface area contributed by atoms with Crippen molar-refractivity contribution in [2.24, 2.45) is 7.05 Å². The lowest BCUT2D eigenvalue weighted by molar-refractivity contribution is 0.859. The van der Waals surface area contributed by atoms with Gasteiger partial charge in [0.15, 0.2) is 3.95 Å². The minimum atomic E-state index is 0.496. The maximum Gasteiger partial charge on any atom is 0.161 e. The minimum absolute atomic E-state index is 0.496. The number of aromatic nitrogens is 2. The molecular weight excluding hydrogens is 236 g/mol. The van der Waals surface area contributed by atoms with E-state index in [1.165, 1.54) is 16.1 Å². The van der Waals surface area contributed by atoms with Crippen LogP contribution in [0.1, 0.15) is 24.6 Å². The Morgan fingerprint density at radius 3 is 2.50 bits per heavy atom. The van der Waals surface area contributed by atoms with Gasteiger partial charge in [0.2, 0.25) is 0 Å². The Kier molecular flexibility index (Phi) is 3.21. The molecule has 4 heteroatoms. The van der Waals surface area contributed by atoms with Gasteiger partial charge in [-0.05, 0) is 30.3 Å². The number of thiazole rings is 1. The zero-order chi connectivity index (χ0) is 11.7. The molecule has 84 valence electrons. The van der Waals surface area contributed by atoms with Gasteiger partial charge in [-0.3, -0.25) is 4.98 Å². The molecule has 2 rings (SSSR count). The van der Waals surface area contributed by atoms with Crippen LogP contribution in [0.4, 0.5) is 0 Å². The van der Waals surface area contributed by atoms with Crippen molar-refractivity contribution in [3.05, 3.63) is 33.4 Å². The molecule has 0 fully saturated rings. The van der Waals surface area contributed by atoms with Crippen LogP contribution in [0.2, 0.25) is 0 Å². The molecule has 0 bridgehead atoms. The predicted octanol–water partition coefficient (Wildman–Crippen LogP) is 4.00. The fourth-order valence-corrected chi connectivity index (χ4v) is 3.07. The number of hydrogen-bond acceptors (Lipinski definition) is 3. The molecule has 16 heavy (non-hydrogen) atoms. The second kappa shape index (κ2) is 4.47. The van der Waals surface area contributed by atoms with E-state index in [1.54, 1.807) is 11.3 Å². The van der Waals surface area contributed by atoms with Crippen LogP contribution in [-0.2, 0) is 7.05 Å². The van der Waals surface area contributed by atoms with Crippen LogP contribution in [0, 0.1) is 3.95 Å². The van der Waals surface area contributed by atoms with Crippen LogP contribution in [0.15, 0.2) is 24.5 Å². The lowest BCUT2D eigenvalue weighted by atomic mass is 10.1. The topological polar surface area (TPSA) is 17.8 Å². The van der Waals surface area contributed by atoms with Crippen LogP contribution >= 0.6 is 23.6 Å². The normalized spacial score (nSPS) is 11.0. The molecular formula is C12H14N2S2. The third kappa shape index (κ3) is 1.95. The Labute approximate surface area is 105 Å². The Morgan fingerprint density at radius 1 is 1.31 bits per heavy atom. The van der Waals surface area contributed by atoms with E-state index in [0.29, 0.717) is 5.92 Å². The SMILES string of the molecule is CC(C)c1sc(=S)n(C)c1-c1ccncc1. The molecule has 0 saturated carbocycles. The summed E-state index contributed by atoms with van der Waals surface area (Å²) in [6.07, 6.45) is 3.64. The average molecular weight is 250 g/mol. The van der Waals surface area contributed by atoms with Gasteiger partial charge in [-0.1, -0.05) is 13.8 Å². The number of pyridine rings is 1. The first-order chi connectivity index (χ1) is 7.61. The molecule has 0 aliphatic rings. The highest BCUT2D eigenvalue weighted by Crippen LogP contribution is 2.33. The minimum Gasteiger partial charge on any atom is -0.326 e. The largest absolute Gasteiger partial charge is 0.326 e. The fraction of sp³-hybridized carbons (Fsp3) is 0.333. The molecule has 0 spiro atoms.